The van der Waals surface area contributed by atoms with Crippen LogP contribution in [0.1, 0.15) is 62.0 Å². The van der Waals surface area contributed by atoms with Crippen LogP contribution in [0.5, 0.6) is 5.75 Å². The third-order valence-electron chi connectivity index (χ3n) is 7.50. The molecule has 3 fully saturated rings. The van der Waals surface area contributed by atoms with Crippen LogP contribution in [0.2, 0.25) is 0 Å². The Balaban J connectivity index is 1.10. The smallest absolute Gasteiger partial charge is 0.223 e. The number of nitrogens with zero attached hydrogens (tertiary/aromatic N) is 2. The Hall–Kier alpha value is -2.06. The quantitative estimate of drug-likeness (QED) is 0.832. The fraction of sp³-hybridized carbons (Fsp3) is 0.667. The van der Waals surface area contributed by atoms with Crippen LogP contribution in [0, 0.1) is 29.1 Å². The second kappa shape index (κ2) is 7.99. The highest BCUT2D eigenvalue weighted by Gasteiger charge is 2.39. The first kappa shape index (κ1) is 18.9. The summed E-state index contributed by atoms with van der Waals surface area (Å²) in [6.45, 7) is 4.15. The van der Waals surface area contributed by atoms with Crippen LogP contribution in [0.15, 0.2) is 18.2 Å². The molecule has 0 spiro atoms. The predicted molar refractivity (Wildman–Crippen MR) is 111 cm³/mol. The van der Waals surface area contributed by atoms with E-state index in [9.17, 15) is 10.1 Å². The Morgan fingerprint density at radius 2 is 2.00 bits per heavy atom. The molecule has 2 heterocycles. The highest BCUT2D eigenvalue weighted by molar-refractivity contribution is 5.81. The highest BCUT2D eigenvalue weighted by atomic mass is 16.5. The number of nitrogens with one attached hydrogen (secondary N) is 1. The summed E-state index contributed by atoms with van der Waals surface area (Å²) in [6, 6.07) is 8.54. The number of hydrogen-bond acceptors (Lipinski definition) is 4. The monoisotopic (exact) mass is 393 g/mol. The van der Waals surface area contributed by atoms with Gasteiger partial charge in [0.25, 0.3) is 0 Å². The normalized spacial score (nSPS) is 31.3. The molecule has 0 unspecified atom stereocenters. The zero-order chi connectivity index (χ0) is 19.8. The Kier molecular flexibility index (Phi) is 5.22. The lowest BCUT2D eigenvalue weighted by Gasteiger charge is -2.30. The lowest BCUT2D eigenvalue weighted by atomic mass is 9.84. The number of hydrogen-bond donors (Lipinski definition) is 1. The number of rotatable bonds is 5. The molecule has 5 nitrogen and oxygen atoms in total. The van der Waals surface area contributed by atoms with Crippen LogP contribution in [0.25, 0.3) is 0 Å². The molecule has 0 radical (unpaired) electrons. The maximum atomic E-state index is 12.0. The van der Waals surface area contributed by atoms with Crippen molar-refractivity contribution in [2.24, 2.45) is 17.8 Å². The van der Waals surface area contributed by atoms with Crippen molar-refractivity contribution in [1.29, 1.82) is 5.26 Å². The average Bonchev–Trinajstić information content (AvgIpc) is 3.52. The topological polar surface area (TPSA) is 65.4 Å². The van der Waals surface area contributed by atoms with Gasteiger partial charge in [-0.3, -0.25) is 4.79 Å². The highest BCUT2D eigenvalue weighted by Crippen LogP contribution is 2.42. The summed E-state index contributed by atoms with van der Waals surface area (Å²) >= 11 is 0. The minimum Gasteiger partial charge on any atom is -0.493 e. The van der Waals surface area contributed by atoms with Crippen molar-refractivity contribution >= 4 is 5.91 Å². The number of nitriles is 1. The molecule has 1 aromatic rings. The fourth-order valence-electron chi connectivity index (χ4n) is 5.53. The van der Waals surface area contributed by atoms with Crippen LogP contribution in [0.3, 0.4) is 0 Å². The van der Waals surface area contributed by atoms with Gasteiger partial charge in [-0.2, -0.15) is 5.26 Å². The zero-order valence-corrected chi connectivity index (χ0v) is 17.1. The van der Waals surface area contributed by atoms with Crippen molar-refractivity contribution in [2.45, 2.75) is 56.9 Å². The van der Waals surface area contributed by atoms with Crippen LogP contribution in [0.4, 0.5) is 0 Å². The minimum absolute atomic E-state index is 0.301. The Morgan fingerprint density at radius 3 is 2.76 bits per heavy atom. The number of likely N-dealkylation sites (tertiary alicyclic amines) is 1. The maximum absolute atomic E-state index is 12.0. The van der Waals surface area contributed by atoms with E-state index in [1.54, 1.807) is 0 Å². The van der Waals surface area contributed by atoms with Gasteiger partial charge < -0.3 is 15.0 Å². The van der Waals surface area contributed by atoms with Gasteiger partial charge in [0.2, 0.25) is 5.91 Å². The first-order valence-electron chi connectivity index (χ1n) is 11.4. The molecule has 4 aliphatic rings. The van der Waals surface area contributed by atoms with Gasteiger partial charge in [0.15, 0.2) is 0 Å². The van der Waals surface area contributed by atoms with Crippen LogP contribution in [-0.2, 0) is 4.79 Å². The Bertz CT molecular complexity index is 805. The summed E-state index contributed by atoms with van der Waals surface area (Å²) in [4.78, 5) is 14.6. The summed E-state index contributed by atoms with van der Waals surface area (Å²) in [7, 11) is 0. The second-order valence-electron chi connectivity index (χ2n) is 9.59. The Morgan fingerprint density at radius 1 is 1.17 bits per heavy atom. The number of fused-ring (bicyclic) bond motifs is 3. The number of ether oxygens (including phenoxy) is 1. The minimum atomic E-state index is 0.301. The molecule has 2 aliphatic heterocycles. The van der Waals surface area contributed by atoms with Crippen molar-refractivity contribution in [3.8, 4) is 11.8 Å². The average molecular weight is 394 g/mol. The van der Waals surface area contributed by atoms with Gasteiger partial charge in [0.05, 0.1) is 18.2 Å². The van der Waals surface area contributed by atoms with Gasteiger partial charge in [-0.05, 0) is 75.6 Å². The number of amides is 1. The molecule has 0 aromatic heterocycles. The molecule has 154 valence electrons. The van der Waals surface area contributed by atoms with Crippen LogP contribution in [-0.4, -0.2) is 43.1 Å². The predicted octanol–water partition coefficient (Wildman–Crippen LogP) is 3.44. The Labute approximate surface area is 173 Å². The standard InChI is InChI=1S/C24H31N3O2/c25-12-17-3-8-23-21(11-17)22-14-27(13-19(22)15-29-23)10-9-16-1-6-20(7-2-16)26-24(28)18-4-5-18/h3,8,11,16,18-20,22H,1-2,4-7,9-10,13-15H2,(H,26,28)/t16?,19-,20?,22+/m0/s1. The molecule has 1 saturated heterocycles. The van der Waals surface area contributed by atoms with E-state index in [2.05, 4.69) is 16.3 Å². The largest absolute Gasteiger partial charge is 0.493 e. The van der Waals surface area contributed by atoms with Crippen LogP contribution < -0.4 is 10.1 Å². The first-order valence-corrected chi connectivity index (χ1v) is 11.4. The summed E-state index contributed by atoms with van der Waals surface area (Å²) < 4.78 is 5.97. The molecular weight excluding hydrogens is 362 g/mol. The first-order chi connectivity index (χ1) is 14.2. The molecule has 0 bridgehead atoms. The van der Waals surface area contributed by atoms with E-state index in [1.807, 2.05) is 18.2 Å². The summed E-state index contributed by atoms with van der Waals surface area (Å²) in [6.07, 6.45) is 8.22. The molecule has 1 N–H and O–H groups in total. The van der Waals surface area contributed by atoms with E-state index < -0.39 is 0 Å². The van der Waals surface area contributed by atoms with Gasteiger partial charge in [0, 0.05) is 42.4 Å². The van der Waals surface area contributed by atoms with Gasteiger partial charge in [-0.25, -0.2) is 0 Å². The van der Waals surface area contributed by atoms with E-state index in [-0.39, 0.29) is 0 Å². The molecular formula is C24H31N3O2. The molecule has 1 aromatic carbocycles. The van der Waals surface area contributed by atoms with Crippen molar-refractivity contribution < 1.29 is 9.53 Å². The number of carbonyl (C=O) groups is 1. The summed E-state index contributed by atoms with van der Waals surface area (Å²) in [5.41, 5.74) is 1.96. The second-order valence-corrected chi connectivity index (χ2v) is 9.59. The lowest BCUT2D eigenvalue weighted by Crippen LogP contribution is -2.38. The third kappa shape index (κ3) is 4.14. The molecule has 29 heavy (non-hydrogen) atoms. The van der Waals surface area contributed by atoms with Crippen molar-refractivity contribution in [3.05, 3.63) is 29.3 Å². The SMILES string of the molecule is N#Cc1ccc2c(c1)[C@@H]1CN(CCC3CCC(NC(=O)C4CC4)CC3)C[C@H]1CO2. The van der Waals surface area contributed by atoms with E-state index in [4.69, 9.17) is 4.74 Å². The molecule has 5 rings (SSSR count). The van der Waals surface area contributed by atoms with Gasteiger partial charge >= 0.3 is 0 Å². The lowest BCUT2D eigenvalue weighted by molar-refractivity contribution is -0.123. The zero-order valence-electron chi connectivity index (χ0n) is 17.1. The van der Waals surface area contributed by atoms with E-state index >= 15 is 0 Å². The molecule has 2 aliphatic carbocycles. The van der Waals surface area contributed by atoms with Crippen molar-refractivity contribution in [2.75, 3.05) is 26.2 Å². The fourth-order valence-corrected chi connectivity index (χ4v) is 5.53. The van der Waals surface area contributed by atoms with E-state index in [1.165, 1.54) is 24.8 Å². The van der Waals surface area contributed by atoms with Crippen molar-refractivity contribution in [1.82, 2.24) is 10.2 Å². The summed E-state index contributed by atoms with van der Waals surface area (Å²) in [5.74, 6) is 3.43. The number of benzene rings is 1. The third-order valence-corrected chi connectivity index (χ3v) is 7.50. The van der Waals surface area contributed by atoms with Gasteiger partial charge in [-0.15, -0.1) is 0 Å². The molecule has 2 saturated carbocycles. The van der Waals surface area contributed by atoms with Gasteiger partial charge in [-0.1, -0.05) is 0 Å². The molecule has 5 heteroatoms. The maximum Gasteiger partial charge on any atom is 0.223 e. The van der Waals surface area contributed by atoms with Crippen LogP contribution >= 0.6 is 0 Å². The molecule has 1 amide bonds. The number of carbonyl (C=O) groups excluding carboxylic acids is 1. The molecule has 2 atom stereocenters. The van der Waals surface area contributed by atoms with Crippen molar-refractivity contribution in [3.63, 3.8) is 0 Å². The van der Waals surface area contributed by atoms with E-state index in [0.717, 1.165) is 69.2 Å². The van der Waals surface area contributed by atoms with Gasteiger partial charge in [0.1, 0.15) is 5.75 Å². The van der Waals surface area contributed by atoms with E-state index in [0.29, 0.717) is 29.7 Å². The summed E-state index contributed by atoms with van der Waals surface area (Å²) in [5, 5.41) is 12.5.